The molecule has 0 amide bonds. The van der Waals surface area contributed by atoms with Gasteiger partial charge in [-0.15, -0.1) is 0 Å². The molecule has 156 valence electrons. The van der Waals surface area contributed by atoms with Crippen LogP contribution in [0, 0.1) is 6.92 Å². The fourth-order valence-corrected chi connectivity index (χ4v) is 3.57. The largest absolute Gasteiger partial charge is 0.234 e. The third-order valence-corrected chi connectivity index (χ3v) is 6.18. The first-order chi connectivity index (χ1) is 13.4. The molecule has 1 unspecified atom stereocenters. The molecule has 3 nitrogen and oxygen atoms in total. The van der Waals surface area contributed by atoms with Crippen LogP contribution < -0.4 is 0 Å². The highest BCUT2D eigenvalue weighted by Crippen LogP contribution is 2.31. The highest BCUT2D eigenvalue weighted by Gasteiger charge is 2.18. The number of aryl methyl sites for hydroxylation is 1. The molecule has 0 saturated heterocycles. The monoisotopic (exact) mass is 448 g/mol. The molecule has 2 rings (SSSR count). The van der Waals surface area contributed by atoms with Crippen molar-refractivity contribution in [2.24, 2.45) is 8.80 Å². The molecule has 0 spiro atoms. The molecule has 0 N–H and O–H groups in total. The zero-order chi connectivity index (χ0) is 21.8. The second kappa shape index (κ2) is 9.59. The summed E-state index contributed by atoms with van der Waals surface area (Å²) in [6.07, 6.45) is 3.57. The Morgan fingerprint density at radius 2 is 1.52 bits per heavy atom. The van der Waals surface area contributed by atoms with Crippen LogP contribution in [0.25, 0.3) is 11.1 Å². The third-order valence-electron chi connectivity index (χ3n) is 3.84. The van der Waals surface area contributed by atoms with Crippen LogP contribution in [-0.4, -0.2) is 26.1 Å². The molecule has 0 aliphatic carbocycles. The zero-order valence-electron chi connectivity index (χ0n) is 18.1. The van der Waals surface area contributed by atoms with Crippen LogP contribution in [0.5, 0.6) is 0 Å². The Hall–Kier alpha value is -1.43. The quantitative estimate of drug-likeness (QED) is 0.362. The predicted molar refractivity (Wildman–Crippen MR) is 132 cm³/mol. The highest BCUT2D eigenvalue weighted by molar-refractivity contribution is 7.99. The number of hydrogen-bond acceptors (Lipinski definition) is 3. The van der Waals surface area contributed by atoms with Crippen molar-refractivity contribution in [1.29, 1.82) is 0 Å². The summed E-state index contributed by atoms with van der Waals surface area (Å²) < 4.78 is 20.9. The van der Waals surface area contributed by atoms with Gasteiger partial charge in [0.1, 0.15) is 11.0 Å². The summed E-state index contributed by atoms with van der Waals surface area (Å²) in [4.78, 5) is 0. The van der Waals surface area contributed by atoms with E-state index in [1.807, 2.05) is 45.2 Å². The summed E-state index contributed by atoms with van der Waals surface area (Å²) in [5.74, 6) is 0. The van der Waals surface area contributed by atoms with E-state index in [2.05, 4.69) is 54.7 Å². The minimum Gasteiger partial charge on any atom is -0.234 e. The Morgan fingerprint density at radius 3 is 2.14 bits per heavy atom. The molecule has 2 aromatic carbocycles. The highest BCUT2D eigenvalue weighted by atomic mass is 35.5. The molecule has 29 heavy (non-hydrogen) atoms. The summed E-state index contributed by atoms with van der Waals surface area (Å²) in [5.41, 5.74) is 4.98. The third kappa shape index (κ3) is 7.40. The molecule has 0 aliphatic rings. The molecule has 1 atom stereocenters. The van der Waals surface area contributed by atoms with Crippen molar-refractivity contribution in [3.63, 3.8) is 0 Å². The van der Waals surface area contributed by atoms with Gasteiger partial charge >= 0.3 is 0 Å². The smallest absolute Gasteiger partial charge is 0.144 e. The van der Waals surface area contributed by atoms with Gasteiger partial charge in [0.15, 0.2) is 0 Å². The Bertz CT molecular complexity index is 954. The average molecular weight is 449 g/mol. The first kappa shape index (κ1) is 23.8. The van der Waals surface area contributed by atoms with Crippen molar-refractivity contribution < 1.29 is 4.21 Å². The second-order valence-corrected chi connectivity index (χ2v) is 12.8. The van der Waals surface area contributed by atoms with Crippen LogP contribution in [0.2, 0.25) is 5.02 Å². The van der Waals surface area contributed by atoms with Crippen LogP contribution in [0.1, 0.15) is 58.2 Å². The molecule has 0 aliphatic heterocycles. The zero-order valence-corrected chi connectivity index (χ0v) is 20.5. The molecule has 0 saturated carbocycles. The predicted octanol–water partition coefficient (Wildman–Crippen LogP) is 7.06. The number of benzene rings is 2. The number of rotatable bonds is 5. The molecule has 0 heterocycles. The van der Waals surface area contributed by atoms with Crippen LogP contribution in [0.3, 0.4) is 0 Å². The van der Waals surface area contributed by atoms with Gasteiger partial charge in [0, 0.05) is 33.3 Å². The Balaban J connectivity index is 2.54. The van der Waals surface area contributed by atoms with Gasteiger partial charge in [0.25, 0.3) is 0 Å². The standard InChI is InChI=1S/C23H29ClN2OS2/c1-16-8-9-17(14-25-28-22(2,3)4)20(12-16)21-13-19(24)11-10-18(21)15-26-29(27)23(5,6)7/h8-15H,1-7H3/b25-14+,26-15-. The van der Waals surface area contributed by atoms with E-state index < -0.39 is 15.7 Å². The van der Waals surface area contributed by atoms with Gasteiger partial charge in [-0.1, -0.05) is 41.4 Å². The lowest BCUT2D eigenvalue weighted by Gasteiger charge is -2.15. The Labute approximate surface area is 186 Å². The molecular weight excluding hydrogens is 420 g/mol. The maximum Gasteiger partial charge on any atom is 0.144 e. The van der Waals surface area contributed by atoms with Crippen molar-refractivity contribution in [2.75, 3.05) is 0 Å². The van der Waals surface area contributed by atoms with E-state index in [9.17, 15) is 4.21 Å². The van der Waals surface area contributed by atoms with Crippen molar-refractivity contribution in [1.82, 2.24) is 0 Å². The van der Waals surface area contributed by atoms with E-state index in [0.29, 0.717) is 5.02 Å². The van der Waals surface area contributed by atoms with Gasteiger partial charge in [-0.2, -0.15) is 4.40 Å². The maximum atomic E-state index is 12.4. The molecule has 0 radical (unpaired) electrons. The minimum atomic E-state index is -1.33. The molecule has 0 fully saturated rings. The van der Waals surface area contributed by atoms with Gasteiger partial charge in [0.05, 0.1) is 4.75 Å². The van der Waals surface area contributed by atoms with Gasteiger partial charge in [-0.3, -0.25) is 0 Å². The van der Waals surface area contributed by atoms with E-state index in [1.165, 1.54) is 11.9 Å². The van der Waals surface area contributed by atoms with Crippen LogP contribution in [0.15, 0.2) is 45.2 Å². The van der Waals surface area contributed by atoms with Crippen LogP contribution >= 0.6 is 23.5 Å². The summed E-state index contributed by atoms with van der Waals surface area (Å²) in [5, 5.41) is 0.641. The maximum absolute atomic E-state index is 12.4. The van der Waals surface area contributed by atoms with Gasteiger partial charge < -0.3 is 0 Å². The fraction of sp³-hybridized carbons (Fsp3) is 0.391. The normalized spacial score (nSPS) is 14.1. The molecular formula is C23H29ClN2OS2. The Kier molecular flexibility index (Phi) is 7.88. The van der Waals surface area contributed by atoms with Crippen molar-refractivity contribution in [2.45, 2.75) is 58.0 Å². The van der Waals surface area contributed by atoms with Gasteiger partial charge in [0.2, 0.25) is 0 Å². The molecule has 0 aromatic heterocycles. The van der Waals surface area contributed by atoms with Crippen molar-refractivity contribution in [3.05, 3.63) is 58.1 Å². The van der Waals surface area contributed by atoms with Crippen molar-refractivity contribution >= 4 is 47.0 Å². The number of halogens is 1. The molecule has 2 aromatic rings. The second-order valence-electron chi connectivity index (χ2n) is 8.86. The van der Waals surface area contributed by atoms with E-state index in [1.54, 1.807) is 6.21 Å². The average Bonchev–Trinajstić information content (AvgIpc) is 2.59. The molecule has 6 heteroatoms. The summed E-state index contributed by atoms with van der Waals surface area (Å²) in [7, 11) is -1.33. The van der Waals surface area contributed by atoms with Crippen molar-refractivity contribution in [3.8, 4) is 11.1 Å². The lowest BCUT2D eigenvalue weighted by molar-refractivity contribution is 0.651. The Morgan fingerprint density at radius 1 is 0.931 bits per heavy atom. The van der Waals surface area contributed by atoms with E-state index >= 15 is 0 Å². The summed E-state index contributed by atoms with van der Waals surface area (Å²) >= 11 is 7.85. The number of nitrogens with zero attached hydrogens (tertiary/aromatic N) is 2. The minimum absolute atomic E-state index is 0.0479. The summed E-state index contributed by atoms with van der Waals surface area (Å²) in [6, 6.07) is 11.9. The first-order valence-corrected chi connectivity index (χ1v) is 11.7. The lowest BCUT2D eigenvalue weighted by atomic mass is 9.94. The SMILES string of the molecule is Cc1ccc(/C=N/SC(C)(C)C)c(-c2cc(Cl)ccc2/C=N\S(=O)C(C)(C)C)c1. The van der Waals surface area contributed by atoms with Crippen LogP contribution in [-0.2, 0) is 11.0 Å². The lowest BCUT2D eigenvalue weighted by Crippen LogP contribution is -2.19. The number of hydrogen-bond donors (Lipinski definition) is 0. The fourth-order valence-electron chi connectivity index (χ4n) is 2.39. The van der Waals surface area contributed by atoms with Gasteiger partial charge in [-0.25, -0.2) is 8.61 Å². The molecule has 0 bridgehead atoms. The van der Waals surface area contributed by atoms with E-state index in [4.69, 9.17) is 11.6 Å². The topological polar surface area (TPSA) is 41.8 Å². The summed E-state index contributed by atoms with van der Waals surface area (Å²) in [6.45, 7) is 14.2. The van der Waals surface area contributed by atoms with E-state index in [0.717, 1.165) is 27.8 Å². The first-order valence-electron chi connectivity index (χ1n) is 9.45. The van der Waals surface area contributed by atoms with E-state index in [-0.39, 0.29) is 4.75 Å². The van der Waals surface area contributed by atoms with Gasteiger partial charge in [-0.05, 0) is 83.7 Å². The van der Waals surface area contributed by atoms with Crippen LogP contribution in [0.4, 0.5) is 0 Å².